The van der Waals surface area contributed by atoms with Crippen LogP contribution in [0.4, 0.5) is 0 Å². The van der Waals surface area contributed by atoms with E-state index in [0.717, 1.165) is 42.6 Å². The van der Waals surface area contributed by atoms with Gasteiger partial charge in [-0.2, -0.15) is 0 Å². The van der Waals surface area contributed by atoms with Gasteiger partial charge in [0, 0.05) is 44.2 Å². The summed E-state index contributed by atoms with van der Waals surface area (Å²) in [5.41, 5.74) is 5.58. The molecule has 2 aliphatic heterocycles. The minimum atomic E-state index is -0.692. The summed E-state index contributed by atoms with van der Waals surface area (Å²) in [4.78, 5) is 13.5. The summed E-state index contributed by atoms with van der Waals surface area (Å²) in [7, 11) is 0. The predicted molar refractivity (Wildman–Crippen MR) is 102 cm³/mol. The van der Waals surface area contributed by atoms with E-state index in [1.807, 2.05) is 35.0 Å². The van der Waals surface area contributed by atoms with Crippen LogP contribution in [0.15, 0.2) is 30.5 Å². The van der Waals surface area contributed by atoms with Gasteiger partial charge in [-0.3, -0.25) is 4.79 Å². The van der Waals surface area contributed by atoms with Crippen LogP contribution in [0.25, 0.3) is 10.9 Å². The third-order valence-electron chi connectivity index (χ3n) is 5.53. The maximum Gasteiger partial charge on any atom is 0.237 e. The minimum absolute atomic E-state index is 0.154. The fourth-order valence-electron chi connectivity index (χ4n) is 4.11. The Labute approximate surface area is 158 Å². The number of fused-ring (bicyclic) bond motifs is 1. The van der Waals surface area contributed by atoms with Crippen molar-refractivity contribution >= 4 is 16.8 Å². The Bertz CT molecular complexity index is 805. The first kappa shape index (κ1) is 18.3. The second kappa shape index (κ2) is 7.50. The van der Waals surface area contributed by atoms with Gasteiger partial charge in [0.1, 0.15) is 24.0 Å². The molecule has 27 heavy (non-hydrogen) atoms. The van der Waals surface area contributed by atoms with Crippen LogP contribution in [-0.2, 0) is 16.1 Å². The Balaban J connectivity index is 1.37. The Morgan fingerprint density at radius 2 is 2.15 bits per heavy atom. The minimum Gasteiger partial charge on any atom is -0.490 e. The molecule has 1 atom stereocenters. The molecular formula is C20H27N3O4. The van der Waals surface area contributed by atoms with Crippen LogP contribution in [0.5, 0.6) is 5.75 Å². The standard InChI is InChI=1S/C20H27N3O4/c21-19(24)12-23-10-6-16-17(23)2-1-3-18(16)27-15-4-8-22(9-5-15)13-20(25)7-11-26-14-20/h1-3,6,10,15,25H,4-5,7-9,11-14H2,(H2,21,24). The zero-order chi connectivity index (χ0) is 18.9. The molecule has 0 saturated carbocycles. The monoisotopic (exact) mass is 373 g/mol. The molecule has 1 aromatic carbocycles. The normalized spacial score (nSPS) is 24.5. The second-order valence-corrected chi connectivity index (χ2v) is 7.72. The quantitative estimate of drug-likeness (QED) is 0.792. The van der Waals surface area contributed by atoms with E-state index in [4.69, 9.17) is 15.2 Å². The first-order valence-corrected chi connectivity index (χ1v) is 9.58. The first-order chi connectivity index (χ1) is 13.0. The van der Waals surface area contributed by atoms with Crippen molar-refractivity contribution in [2.75, 3.05) is 32.8 Å². The molecule has 7 heteroatoms. The average Bonchev–Trinajstić information content (AvgIpc) is 3.24. The van der Waals surface area contributed by atoms with Crippen LogP contribution >= 0.6 is 0 Å². The fourth-order valence-corrected chi connectivity index (χ4v) is 4.11. The maximum atomic E-state index is 11.2. The van der Waals surface area contributed by atoms with Crippen molar-refractivity contribution in [1.29, 1.82) is 0 Å². The van der Waals surface area contributed by atoms with Gasteiger partial charge < -0.3 is 29.8 Å². The summed E-state index contributed by atoms with van der Waals surface area (Å²) in [6.45, 7) is 3.74. The third kappa shape index (κ3) is 4.10. The maximum absolute atomic E-state index is 11.2. The molecular weight excluding hydrogens is 346 g/mol. The van der Waals surface area contributed by atoms with Gasteiger partial charge in [-0.15, -0.1) is 0 Å². The number of nitrogens with zero attached hydrogens (tertiary/aromatic N) is 2. The van der Waals surface area contributed by atoms with Crippen molar-refractivity contribution < 1.29 is 19.4 Å². The second-order valence-electron chi connectivity index (χ2n) is 7.72. The zero-order valence-corrected chi connectivity index (χ0v) is 15.5. The molecule has 3 heterocycles. The van der Waals surface area contributed by atoms with Gasteiger partial charge >= 0.3 is 0 Å². The predicted octanol–water partition coefficient (Wildman–Crippen LogP) is 1.12. The number of carbonyl (C=O) groups is 1. The molecule has 1 amide bonds. The molecule has 3 N–H and O–H groups in total. The number of aromatic nitrogens is 1. The van der Waals surface area contributed by atoms with Gasteiger partial charge in [-0.05, 0) is 31.0 Å². The smallest absolute Gasteiger partial charge is 0.237 e. The summed E-state index contributed by atoms with van der Waals surface area (Å²) in [6, 6.07) is 7.86. The largest absolute Gasteiger partial charge is 0.490 e. The number of ether oxygens (including phenoxy) is 2. The number of nitrogens with two attached hydrogens (primary N) is 1. The summed E-state index contributed by atoms with van der Waals surface area (Å²) in [5.74, 6) is 0.484. The number of carbonyl (C=O) groups excluding carboxylic acids is 1. The summed E-state index contributed by atoms with van der Waals surface area (Å²) in [5, 5.41) is 11.5. The zero-order valence-electron chi connectivity index (χ0n) is 15.5. The van der Waals surface area contributed by atoms with Crippen molar-refractivity contribution in [3.05, 3.63) is 30.5 Å². The van der Waals surface area contributed by atoms with E-state index in [1.165, 1.54) is 0 Å². The number of piperidine rings is 1. The van der Waals surface area contributed by atoms with E-state index in [1.54, 1.807) is 0 Å². The molecule has 2 saturated heterocycles. The number of likely N-dealkylation sites (tertiary alicyclic amines) is 1. The number of primary amides is 1. The van der Waals surface area contributed by atoms with E-state index < -0.39 is 5.60 Å². The van der Waals surface area contributed by atoms with E-state index in [9.17, 15) is 9.90 Å². The number of rotatable bonds is 6. The van der Waals surface area contributed by atoms with Crippen molar-refractivity contribution in [2.45, 2.75) is 37.5 Å². The van der Waals surface area contributed by atoms with Gasteiger partial charge in [-0.1, -0.05) is 6.07 Å². The van der Waals surface area contributed by atoms with E-state index in [2.05, 4.69) is 4.90 Å². The van der Waals surface area contributed by atoms with Crippen molar-refractivity contribution in [1.82, 2.24) is 9.47 Å². The Morgan fingerprint density at radius 3 is 2.85 bits per heavy atom. The molecule has 4 rings (SSSR count). The van der Waals surface area contributed by atoms with Crippen molar-refractivity contribution in [3.63, 3.8) is 0 Å². The highest BCUT2D eigenvalue weighted by atomic mass is 16.5. The van der Waals surface area contributed by atoms with Crippen LogP contribution in [0.1, 0.15) is 19.3 Å². The highest BCUT2D eigenvalue weighted by Gasteiger charge is 2.35. The summed E-state index contributed by atoms with van der Waals surface area (Å²) in [6.07, 6.45) is 4.59. The van der Waals surface area contributed by atoms with Crippen LogP contribution in [0.2, 0.25) is 0 Å². The van der Waals surface area contributed by atoms with Crippen LogP contribution in [-0.4, -0.2) is 65.0 Å². The number of hydrogen-bond donors (Lipinski definition) is 2. The number of amides is 1. The number of benzene rings is 1. The van der Waals surface area contributed by atoms with Crippen LogP contribution in [0, 0.1) is 0 Å². The summed E-state index contributed by atoms with van der Waals surface area (Å²) >= 11 is 0. The molecule has 1 unspecified atom stereocenters. The molecule has 146 valence electrons. The average molecular weight is 373 g/mol. The third-order valence-corrected chi connectivity index (χ3v) is 5.53. The SMILES string of the molecule is NC(=O)Cn1ccc2c(OC3CCN(CC4(O)CCOC4)CC3)cccc21. The number of aliphatic hydroxyl groups is 1. The van der Waals surface area contributed by atoms with E-state index >= 15 is 0 Å². The molecule has 0 radical (unpaired) electrons. The number of hydrogen-bond acceptors (Lipinski definition) is 5. The van der Waals surface area contributed by atoms with Gasteiger partial charge in [-0.25, -0.2) is 0 Å². The topological polar surface area (TPSA) is 90.0 Å². The first-order valence-electron chi connectivity index (χ1n) is 9.58. The lowest BCUT2D eigenvalue weighted by molar-refractivity contribution is -0.118. The molecule has 2 aromatic rings. The Kier molecular flexibility index (Phi) is 5.08. The Hall–Kier alpha value is -2.09. The van der Waals surface area contributed by atoms with Gasteiger partial charge in [0.2, 0.25) is 5.91 Å². The Morgan fingerprint density at radius 1 is 1.33 bits per heavy atom. The van der Waals surface area contributed by atoms with Crippen LogP contribution < -0.4 is 10.5 Å². The molecule has 2 aliphatic rings. The van der Waals surface area contributed by atoms with Gasteiger partial charge in [0.15, 0.2) is 0 Å². The molecule has 0 spiro atoms. The van der Waals surface area contributed by atoms with Gasteiger partial charge in [0.05, 0.1) is 12.1 Å². The van der Waals surface area contributed by atoms with Crippen molar-refractivity contribution in [3.8, 4) is 5.75 Å². The highest BCUT2D eigenvalue weighted by Crippen LogP contribution is 2.29. The molecule has 0 bridgehead atoms. The molecule has 1 aromatic heterocycles. The van der Waals surface area contributed by atoms with Crippen LogP contribution in [0.3, 0.4) is 0 Å². The molecule has 0 aliphatic carbocycles. The van der Waals surface area contributed by atoms with E-state index in [-0.39, 0.29) is 18.6 Å². The van der Waals surface area contributed by atoms with Crippen molar-refractivity contribution in [2.24, 2.45) is 5.73 Å². The summed E-state index contributed by atoms with van der Waals surface area (Å²) < 4.78 is 13.5. The van der Waals surface area contributed by atoms with E-state index in [0.29, 0.717) is 26.2 Å². The molecule has 7 nitrogen and oxygen atoms in total. The number of β-amino-alcohol motifs (C(OH)–C–C–N with tert-alkyl or cyclic N) is 1. The lowest BCUT2D eigenvalue weighted by atomic mass is 10.00. The lowest BCUT2D eigenvalue weighted by Crippen LogP contribution is -2.48. The van der Waals surface area contributed by atoms with Gasteiger partial charge in [0.25, 0.3) is 0 Å². The molecule has 2 fully saturated rings. The fraction of sp³-hybridized carbons (Fsp3) is 0.550. The lowest BCUT2D eigenvalue weighted by Gasteiger charge is -2.36. The highest BCUT2D eigenvalue weighted by molar-refractivity contribution is 5.87.